The van der Waals surface area contributed by atoms with Crippen molar-refractivity contribution in [1.82, 2.24) is 9.88 Å². The molecule has 0 spiro atoms. The third kappa shape index (κ3) is 9.51. The number of aromatic nitrogens is 1. The minimum absolute atomic E-state index is 0.416. The van der Waals surface area contributed by atoms with E-state index in [1.807, 2.05) is 38.1 Å². The number of allylic oxidation sites excluding steroid dienone is 1. The van der Waals surface area contributed by atoms with Crippen LogP contribution in [-0.4, -0.2) is 42.3 Å². The highest BCUT2D eigenvalue weighted by Gasteiger charge is 2.10. The van der Waals surface area contributed by atoms with Crippen LogP contribution in [0, 0.1) is 11.8 Å². The number of nitrogens with zero attached hydrogens (tertiary/aromatic N) is 2. The lowest BCUT2D eigenvalue weighted by molar-refractivity contribution is 0.0742. The van der Waals surface area contributed by atoms with Gasteiger partial charge in [0.2, 0.25) is 0 Å². The highest BCUT2D eigenvalue weighted by atomic mass is 32.1. The molecule has 30 heavy (non-hydrogen) atoms. The molecule has 0 fully saturated rings. The molecule has 2 rings (SSSR count). The van der Waals surface area contributed by atoms with Gasteiger partial charge in [-0.05, 0) is 61.0 Å². The van der Waals surface area contributed by atoms with Crippen molar-refractivity contribution in [3.05, 3.63) is 70.2 Å². The van der Waals surface area contributed by atoms with Crippen LogP contribution < -0.4 is 0 Å². The number of hydrogen-bond acceptors (Lipinski definition) is 5. The first kappa shape index (κ1) is 24.0. The van der Waals surface area contributed by atoms with Crippen LogP contribution in [0.3, 0.4) is 0 Å². The maximum atomic E-state index is 5.74. The largest absolute Gasteiger partial charge is 0.371 e. The molecule has 2 aromatic heterocycles. The molecule has 0 aliphatic carbocycles. The van der Waals surface area contributed by atoms with E-state index in [0.29, 0.717) is 13.2 Å². The van der Waals surface area contributed by atoms with Gasteiger partial charge < -0.3 is 9.47 Å². The summed E-state index contributed by atoms with van der Waals surface area (Å²) < 4.78 is 11.0. The van der Waals surface area contributed by atoms with Crippen LogP contribution in [0.15, 0.2) is 53.3 Å². The summed E-state index contributed by atoms with van der Waals surface area (Å²) in [7, 11) is 1.67. The van der Waals surface area contributed by atoms with Crippen molar-refractivity contribution >= 4 is 17.4 Å². The first-order chi connectivity index (χ1) is 14.5. The molecule has 0 amide bonds. The second kappa shape index (κ2) is 13.1. The van der Waals surface area contributed by atoms with Gasteiger partial charge in [0.25, 0.3) is 0 Å². The monoisotopic (exact) mass is 424 g/mol. The summed E-state index contributed by atoms with van der Waals surface area (Å²) in [6.07, 6.45) is 8.08. The third-order valence-electron chi connectivity index (χ3n) is 4.46. The van der Waals surface area contributed by atoms with Gasteiger partial charge in [0.05, 0.1) is 24.6 Å². The van der Waals surface area contributed by atoms with Crippen LogP contribution in [0.1, 0.15) is 37.7 Å². The zero-order chi connectivity index (χ0) is 21.7. The Hall–Kier alpha value is -2.23. The number of pyridine rings is 1. The van der Waals surface area contributed by atoms with Gasteiger partial charge in [-0.2, -0.15) is 11.3 Å². The predicted octanol–water partition coefficient (Wildman–Crippen LogP) is 5.18. The summed E-state index contributed by atoms with van der Waals surface area (Å²) in [5, 5.41) is 4.18. The lowest BCUT2D eigenvalue weighted by atomic mass is 10.1. The molecule has 0 N–H and O–H groups in total. The Labute approximate surface area is 185 Å². The zero-order valence-electron chi connectivity index (χ0n) is 18.4. The van der Waals surface area contributed by atoms with Gasteiger partial charge in [0.1, 0.15) is 5.60 Å². The van der Waals surface area contributed by atoms with Crippen LogP contribution >= 0.6 is 11.3 Å². The maximum absolute atomic E-state index is 5.74. The summed E-state index contributed by atoms with van der Waals surface area (Å²) >= 11 is 1.70. The van der Waals surface area contributed by atoms with E-state index in [0.717, 1.165) is 31.0 Å². The number of ether oxygens (including phenoxy) is 2. The van der Waals surface area contributed by atoms with E-state index >= 15 is 0 Å². The first-order valence-electron chi connectivity index (χ1n) is 10.2. The number of thiophene rings is 1. The van der Waals surface area contributed by atoms with E-state index < -0.39 is 5.60 Å². The molecule has 0 aromatic carbocycles. The van der Waals surface area contributed by atoms with E-state index in [9.17, 15) is 0 Å². The molecular formula is C25H32N2O2S. The topological polar surface area (TPSA) is 34.6 Å². The Bertz CT molecular complexity index is 861. The van der Waals surface area contributed by atoms with Gasteiger partial charge >= 0.3 is 0 Å². The number of rotatable bonds is 11. The van der Waals surface area contributed by atoms with E-state index in [-0.39, 0.29) is 0 Å². The fourth-order valence-corrected chi connectivity index (χ4v) is 3.17. The smallest absolute Gasteiger partial charge is 0.123 e. The second-order valence-corrected chi connectivity index (χ2v) is 8.09. The van der Waals surface area contributed by atoms with Crippen LogP contribution in [0.25, 0.3) is 6.08 Å². The van der Waals surface area contributed by atoms with Gasteiger partial charge in [-0.25, -0.2) is 0 Å². The van der Waals surface area contributed by atoms with Crippen molar-refractivity contribution in [1.29, 1.82) is 0 Å². The third-order valence-corrected chi connectivity index (χ3v) is 5.16. The molecule has 0 saturated carbocycles. The van der Waals surface area contributed by atoms with Gasteiger partial charge in [0.15, 0.2) is 0 Å². The molecule has 5 heteroatoms. The maximum Gasteiger partial charge on any atom is 0.123 e. The van der Waals surface area contributed by atoms with E-state index in [1.165, 1.54) is 5.56 Å². The van der Waals surface area contributed by atoms with E-state index in [1.54, 1.807) is 18.4 Å². The quantitative estimate of drug-likeness (QED) is 0.368. The van der Waals surface area contributed by atoms with E-state index in [4.69, 9.17) is 14.5 Å². The molecule has 0 bridgehead atoms. The lowest BCUT2D eigenvalue weighted by Gasteiger charge is -2.18. The highest BCUT2D eigenvalue weighted by Crippen LogP contribution is 2.08. The number of likely N-dealkylation sites (N-methyl/N-ethyl adjacent to an activating group) is 1. The Morgan fingerprint density at radius 2 is 2.03 bits per heavy atom. The molecule has 2 aromatic rings. The fourth-order valence-electron chi connectivity index (χ4n) is 2.55. The summed E-state index contributed by atoms with van der Waals surface area (Å²) in [4.78, 5) is 7.05. The minimum Gasteiger partial charge on any atom is -0.371 e. The summed E-state index contributed by atoms with van der Waals surface area (Å²) in [6, 6.07) is 8.21. The number of methoxy groups -OCH3 is 1. The Morgan fingerprint density at radius 3 is 2.77 bits per heavy atom. The highest BCUT2D eigenvalue weighted by molar-refractivity contribution is 7.08. The standard InChI is InChI=1S/C25H32N2O2S/c1-5-27(16-8-6-7-15-25(2,3)28-4)19-23-12-9-13-24(26-23)20-29-17-10-11-22-14-18-30-21-22/h6,8-14,18,21H,5,16-17,19-20H2,1-4H3/b8-6+,11-10+. The predicted molar refractivity (Wildman–Crippen MR) is 126 cm³/mol. The molecular weight excluding hydrogens is 392 g/mol. The second-order valence-electron chi connectivity index (χ2n) is 7.31. The molecule has 0 aliphatic rings. The van der Waals surface area contributed by atoms with Crippen molar-refractivity contribution in [2.45, 2.75) is 39.5 Å². The first-order valence-corrected chi connectivity index (χ1v) is 11.1. The average molecular weight is 425 g/mol. The van der Waals surface area contributed by atoms with E-state index in [2.05, 4.69) is 58.7 Å². The van der Waals surface area contributed by atoms with Gasteiger partial charge in [-0.3, -0.25) is 9.88 Å². The van der Waals surface area contributed by atoms with Crippen LogP contribution in [0.2, 0.25) is 0 Å². The Kier molecular flexibility index (Phi) is 10.5. The van der Waals surface area contributed by atoms with Crippen LogP contribution in [0.4, 0.5) is 0 Å². The van der Waals surface area contributed by atoms with Crippen molar-refractivity contribution in [2.24, 2.45) is 0 Å². The molecule has 0 aliphatic heterocycles. The molecule has 4 nitrogen and oxygen atoms in total. The normalized spacial score (nSPS) is 12.0. The minimum atomic E-state index is -0.416. The van der Waals surface area contributed by atoms with Crippen LogP contribution in [-0.2, 0) is 22.6 Å². The summed E-state index contributed by atoms with van der Waals surface area (Å²) in [5.74, 6) is 6.14. The molecule has 0 radical (unpaired) electrons. The SMILES string of the molecule is CCN(C/C=C/C#CC(C)(C)OC)Cc1cccc(COC/C=C/c2ccsc2)n1. The van der Waals surface area contributed by atoms with Crippen molar-refractivity contribution in [3.63, 3.8) is 0 Å². The molecule has 0 unspecified atom stereocenters. The lowest BCUT2D eigenvalue weighted by Crippen LogP contribution is -2.23. The molecule has 160 valence electrons. The van der Waals surface area contributed by atoms with Crippen molar-refractivity contribution in [2.75, 3.05) is 26.8 Å². The van der Waals surface area contributed by atoms with Crippen LogP contribution in [0.5, 0.6) is 0 Å². The molecule has 2 heterocycles. The van der Waals surface area contributed by atoms with Gasteiger partial charge in [-0.15, -0.1) is 0 Å². The molecule has 0 atom stereocenters. The zero-order valence-corrected chi connectivity index (χ0v) is 19.2. The van der Waals surface area contributed by atoms with Gasteiger partial charge in [-0.1, -0.05) is 43.1 Å². The van der Waals surface area contributed by atoms with Crippen molar-refractivity contribution < 1.29 is 9.47 Å². The number of hydrogen-bond donors (Lipinski definition) is 0. The average Bonchev–Trinajstić information content (AvgIpc) is 3.26. The Morgan fingerprint density at radius 1 is 1.20 bits per heavy atom. The summed E-state index contributed by atoms with van der Waals surface area (Å²) in [5.41, 5.74) is 2.80. The molecule has 0 saturated heterocycles. The summed E-state index contributed by atoms with van der Waals surface area (Å²) in [6.45, 7) is 9.71. The Balaban J connectivity index is 1.79. The fraction of sp³-hybridized carbons (Fsp3) is 0.400. The van der Waals surface area contributed by atoms with Gasteiger partial charge in [0, 0.05) is 20.2 Å². The van der Waals surface area contributed by atoms with Crippen molar-refractivity contribution in [3.8, 4) is 11.8 Å².